The molecule has 5 nitrogen and oxygen atoms in total. The van der Waals surface area contributed by atoms with E-state index in [1.165, 1.54) is 30.3 Å². The molecule has 0 unspecified atom stereocenters. The van der Waals surface area contributed by atoms with Gasteiger partial charge in [-0.15, -0.1) is 6.58 Å². The zero-order chi connectivity index (χ0) is 18.4. The van der Waals surface area contributed by atoms with Gasteiger partial charge >= 0.3 is 0 Å². The van der Waals surface area contributed by atoms with E-state index in [1.54, 1.807) is 4.90 Å². The molecule has 0 saturated heterocycles. The van der Waals surface area contributed by atoms with Crippen LogP contribution in [0.3, 0.4) is 0 Å². The Kier molecular flexibility index (Phi) is 6.12. The molecular weight excluding hydrogens is 336 g/mol. The van der Waals surface area contributed by atoms with E-state index in [2.05, 4.69) is 11.3 Å². The molecule has 25 heavy (non-hydrogen) atoms. The summed E-state index contributed by atoms with van der Waals surface area (Å²) in [7, 11) is -3.59. The van der Waals surface area contributed by atoms with E-state index in [-0.39, 0.29) is 17.3 Å². The van der Waals surface area contributed by atoms with E-state index >= 15 is 0 Å². The molecule has 0 radical (unpaired) electrons. The van der Waals surface area contributed by atoms with Crippen LogP contribution in [0.5, 0.6) is 0 Å². The van der Waals surface area contributed by atoms with Crippen molar-refractivity contribution in [2.75, 3.05) is 18.0 Å². The lowest BCUT2D eigenvalue weighted by Crippen LogP contribution is -2.30. The van der Waals surface area contributed by atoms with Gasteiger partial charge in [0.2, 0.25) is 10.0 Å². The van der Waals surface area contributed by atoms with E-state index in [0.29, 0.717) is 12.1 Å². The van der Waals surface area contributed by atoms with Crippen LogP contribution in [0.1, 0.15) is 22.8 Å². The Bertz CT molecular complexity index is 858. The number of rotatable bonds is 7. The van der Waals surface area contributed by atoms with Crippen molar-refractivity contribution in [1.82, 2.24) is 4.72 Å². The molecular formula is C19H22N2O3S. The first-order valence-electron chi connectivity index (χ1n) is 7.98. The highest BCUT2D eigenvalue weighted by atomic mass is 32.2. The zero-order valence-corrected chi connectivity index (χ0v) is 15.2. The Morgan fingerprint density at radius 3 is 2.44 bits per heavy atom. The fraction of sp³-hybridized carbons (Fsp3) is 0.211. The Morgan fingerprint density at radius 1 is 1.20 bits per heavy atom. The van der Waals surface area contributed by atoms with E-state index in [9.17, 15) is 13.2 Å². The van der Waals surface area contributed by atoms with Gasteiger partial charge in [0.1, 0.15) is 0 Å². The van der Waals surface area contributed by atoms with Crippen LogP contribution in [0.25, 0.3) is 0 Å². The summed E-state index contributed by atoms with van der Waals surface area (Å²) in [6.45, 7) is 8.02. The minimum absolute atomic E-state index is 0.115. The number of sulfonamides is 1. The molecule has 1 N–H and O–H groups in total. The molecule has 0 aromatic heterocycles. The van der Waals surface area contributed by atoms with Crippen LogP contribution in [0.4, 0.5) is 5.69 Å². The minimum atomic E-state index is -3.59. The summed E-state index contributed by atoms with van der Waals surface area (Å²) in [5, 5.41) is 0. The lowest BCUT2D eigenvalue weighted by molar-refractivity contribution is 0.0988. The molecule has 0 saturated carbocycles. The SMILES string of the molecule is C=CCNS(=O)(=O)c1ccc(C(=O)N(CC)c2cccc(C)c2)cc1. The van der Waals surface area contributed by atoms with Gasteiger partial charge in [-0.3, -0.25) is 4.79 Å². The fourth-order valence-corrected chi connectivity index (χ4v) is 3.42. The van der Waals surface area contributed by atoms with Crippen LogP contribution in [0.15, 0.2) is 66.1 Å². The predicted octanol–water partition coefficient (Wildman–Crippen LogP) is 3.13. The largest absolute Gasteiger partial charge is 0.309 e. The quantitative estimate of drug-likeness (QED) is 0.773. The second kappa shape index (κ2) is 8.09. The highest BCUT2D eigenvalue weighted by molar-refractivity contribution is 7.89. The van der Waals surface area contributed by atoms with Crippen molar-refractivity contribution in [3.63, 3.8) is 0 Å². The molecule has 0 aliphatic carbocycles. The van der Waals surface area contributed by atoms with Gasteiger partial charge < -0.3 is 4.90 Å². The van der Waals surface area contributed by atoms with E-state index in [4.69, 9.17) is 0 Å². The number of carbonyl (C=O) groups is 1. The van der Waals surface area contributed by atoms with Crippen molar-refractivity contribution in [3.8, 4) is 0 Å². The van der Waals surface area contributed by atoms with Crippen LogP contribution < -0.4 is 9.62 Å². The average molecular weight is 358 g/mol. The highest BCUT2D eigenvalue weighted by Gasteiger charge is 2.18. The van der Waals surface area contributed by atoms with Gasteiger partial charge in [-0.2, -0.15) is 0 Å². The average Bonchev–Trinajstić information content (AvgIpc) is 2.61. The lowest BCUT2D eigenvalue weighted by Gasteiger charge is -2.21. The first kappa shape index (κ1) is 18.9. The van der Waals surface area contributed by atoms with Crippen molar-refractivity contribution >= 4 is 21.6 Å². The fourth-order valence-electron chi connectivity index (χ4n) is 2.42. The third-order valence-electron chi connectivity index (χ3n) is 3.70. The molecule has 0 bridgehead atoms. The van der Waals surface area contributed by atoms with Crippen LogP contribution in [-0.4, -0.2) is 27.4 Å². The molecule has 2 aromatic carbocycles. The first-order chi connectivity index (χ1) is 11.9. The Morgan fingerprint density at radius 2 is 1.88 bits per heavy atom. The van der Waals surface area contributed by atoms with Crippen LogP contribution in [0, 0.1) is 6.92 Å². The second-order valence-corrected chi connectivity index (χ2v) is 7.32. The number of hydrogen-bond acceptors (Lipinski definition) is 3. The standard InChI is InChI=1S/C19H22N2O3S/c1-4-13-20-25(23,24)18-11-9-16(10-12-18)19(22)21(5-2)17-8-6-7-15(3)14-17/h4,6-12,14,20H,1,5,13H2,2-3H3. The highest BCUT2D eigenvalue weighted by Crippen LogP contribution is 2.19. The van der Waals surface area contributed by atoms with Crippen molar-refractivity contribution in [3.05, 3.63) is 72.3 Å². The molecule has 1 amide bonds. The maximum Gasteiger partial charge on any atom is 0.258 e. The molecule has 6 heteroatoms. The summed E-state index contributed by atoms with van der Waals surface area (Å²) in [6, 6.07) is 13.6. The molecule has 0 fully saturated rings. The Hall–Kier alpha value is -2.44. The van der Waals surface area contributed by atoms with E-state index in [1.807, 2.05) is 38.1 Å². The number of carbonyl (C=O) groups excluding carboxylic acids is 1. The van der Waals surface area contributed by atoms with Gasteiger partial charge in [-0.05, 0) is 55.8 Å². The number of amides is 1. The molecule has 0 aliphatic heterocycles. The zero-order valence-electron chi connectivity index (χ0n) is 14.4. The lowest BCUT2D eigenvalue weighted by atomic mass is 10.1. The second-order valence-electron chi connectivity index (χ2n) is 5.55. The van der Waals surface area contributed by atoms with Crippen LogP contribution in [0.2, 0.25) is 0 Å². The van der Waals surface area contributed by atoms with Gasteiger partial charge in [-0.25, -0.2) is 13.1 Å². The van der Waals surface area contributed by atoms with Gasteiger partial charge in [0, 0.05) is 24.3 Å². The molecule has 2 aromatic rings. The van der Waals surface area contributed by atoms with Gasteiger partial charge in [0.05, 0.1) is 4.90 Å². The maximum absolute atomic E-state index is 12.8. The summed E-state index contributed by atoms with van der Waals surface area (Å²) in [4.78, 5) is 14.5. The molecule has 132 valence electrons. The summed E-state index contributed by atoms with van der Waals surface area (Å²) < 4.78 is 26.5. The molecule has 0 aliphatic rings. The Labute approximate surface area is 149 Å². The third kappa shape index (κ3) is 4.55. The van der Waals surface area contributed by atoms with Gasteiger partial charge in [0.25, 0.3) is 5.91 Å². The van der Waals surface area contributed by atoms with E-state index in [0.717, 1.165) is 11.3 Å². The van der Waals surface area contributed by atoms with Gasteiger partial charge in [0.15, 0.2) is 0 Å². The van der Waals surface area contributed by atoms with Crippen molar-refractivity contribution in [2.45, 2.75) is 18.7 Å². The van der Waals surface area contributed by atoms with Crippen molar-refractivity contribution in [2.24, 2.45) is 0 Å². The number of anilines is 1. The normalized spacial score (nSPS) is 11.1. The van der Waals surface area contributed by atoms with Crippen molar-refractivity contribution in [1.29, 1.82) is 0 Å². The molecule has 0 atom stereocenters. The van der Waals surface area contributed by atoms with Crippen LogP contribution >= 0.6 is 0 Å². The maximum atomic E-state index is 12.8. The number of nitrogens with one attached hydrogen (secondary N) is 1. The Balaban J connectivity index is 2.26. The number of hydrogen-bond donors (Lipinski definition) is 1. The topological polar surface area (TPSA) is 66.5 Å². The molecule has 0 spiro atoms. The van der Waals surface area contributed by atoms with Gasteiger partial charge in [-0.1, -0.05) is 18.2 Å². The summed E-state index contributed by atoms with van der Waals surface area (Å²) in [5.41, 5.74) is 2.32. The molecule has 2 rings (SSSR count). The first-order valence-corrected chi connectivity index (χ1v) is 9.46. The number of nitrogens with zero attached hydrogens (tertiary/aromatic N) is 1. The predicted molar refractivity (Wildman–Crippen MR) is 100 cm³/mol. The van der Waals surface area contributed by atoms with Crippen LogP contribution in [-0.2, 0) is 10.0 Å². The smallest absolute Gasteiger partial charge is 0.258 e. The van der Waals surface area contributed by atoms with E-state index < -0.39 is 10.0 Å². The molecule has 0 heterocycles. The monoisotopic (exact) mass is 358 g/mol. The third-order valence-corrected chi connectivity index (χ3v) is 5.14. The summed E-state index contributed by atoms with van der Waals surface area (Å²) >= 11 is 0. The summed E-state index contributed by atoms with van der Waals surface area (Å²) in [5.74, 6) is -0.170. The summed E-state index contributed by atoms with van der Waals surface area (Å²) in [6.07, 6.45) is 1.47. The van der Waals surface area contributed by atoms with Crippen molar-refractivity contribution < 1.29 is 13.2 Å². The number of aryl methyl sites for hydroxylation is 1. The number of benzene rings is 2. The minimum Gasteiger partial charge on any atom is -0.309 e.